The van der Waals surface area contributed by atoms with Crippen LogP contribution in [-0.4, -0.2) is 8.80 Å². The van der Waals surface area contributed by atoms with E-state index < -0.39 is 8.80 Å². The van der Waals surface area contributed by atoms with E-state index >= 15 is 0 Å². The minimum absolute atomic E-state index is 0.258. The molecular weight excluding hydrogens is 448 g/mol. The van der Waals surface area contributed by atoms with E-state index in [1.165, 1.54) is 44.1 Å². The first-order valence-corrected chi connectivity index (χ1v) is 15.4. The minimum atomic E-state index is -0.716. The van der Waals surface area contributed by atoms with Crippen LogP contribution in [0, 0.1) is 0 Å². The molecule has 36 heavy (non-hydrogen) atoms. The van der Waals surface area contributed by atoms with Gasteiger partial charge in [0, 0.05) is 5.92 Å². The molecular formula is C35H31Si. The van der Waals surface area contributed by atoms with Crippen LogP contribution in [0.15, 0.2) is 133 Å². The van der Waals surface area contributed by atoms with Crippen LogP contribution in [0.5, 0.6) is 0 Å². The number of benzene rings is 4. The lowest BCUT2D eigenvalue weighted by atomic mass is 9.62. The highest BCUT2D eigenvalue weighted by Gasteiger charge is 2.43. The van der Waals surface area contributed by atoms with Crippen molar-refractivity contribution in [2.24, 2.45) is 0 Å². The van der Waals surface area contributed by atoms with Crippen LogP contribution in [0.1, 0.15) is 45.7 Å². The third-order valence-electron chi connectivity index (χ3n) is 7.83. The van der Waals surface area contributed by atoms with Crippen molar-refractivity contribution in [3.05, 3.63) is 166 Å². The molecule has 0 fully saturated rings. The highest BCUT2D eigenvalue weighted by Crippen LogP contribution is 2.51. The second-order valence-electron chi connectivity index (χ2n) is 10.0. The Morgan fingerprint density at radius 1 is 0.722 bits per heavy atom. The van der Waals surface area contributed by atoms with Gasteiger partial charge >= 0.3 is 0 Å². The molecule has 0 spiro atoms. The summed E-state index contributed by atoms with van der Waals surface area (Å²) in [5, 5.41) is 1.53. The lowest BCUT2D eigenvalue weighted by molar-refractivity contribution is 0.699. The summed E-state index contributed by atoms with van der Waals surface area (Å²) in [7, 11) is -0.716. The second kappa shape index (κ2) is 9.41. The molecule has 0 N–H and O–H groups in total. The molecule has 6 rings (SSSR count). The van der Waals surface area contributed by atoms with Gasteiger partial charge in [-0.1, -0.05) is 152 Å². The first kappa shape index (κ1) is 22.8. The van der Waals surface area contributed by atoms with Crippen molar-refractivity contribution in [1.29, 1.82) is 0 Å². The molecule has 0 saturated carbocycles. The van der Waals surface area contributed by atoms with Crippen LogP contribution in [0.4, 0.5) is 0 Å². The second-order valence-corrected chi connectivity index (χ2v) is 12.6. The Hall–Kier alpha value is -3.68. The van der Waals surface area contributed by atoms with Crippen LogP contribution >= 0.6 is 0 Å². The van der Waals surface area contributed by atoms with E-state index in [4.69, 9.17) is 0 Å². The predicted molar refractivity (Wildman–Crippen MR) is 155 cm³/mol. The van der Waals surface area contributed by atoms with Gasteiger partial charge in [0.15, 0.2) is 0 Å². The highest BCUT2D eigenvalue weighted by atomic mass is 28.3. The minimum Gasteiger partial charge on any atom is -0.0804 e. The van der Waals surface area contributed by atoms with Gasteiger partial charge in [0.1, 0.15) is 0 Å². The van der Waals surface area contributed by atoms with Gasteiger partial charge in [-0.15, -0.1) is 0 Å². The zero-order valence-electron chi connectivity index (χ0n) is 21.0. The zero-order chi connectivity index (χ0) is 24.5. The lowest BCUT2D eigenvalue weighted by Gasteiger charge is -2.41. The number of hydrogen-bond acceptors (Lipinski definition) is 0. The van der Waals surface area contributed by atoms with E-state index in [2.05, 4.69) is 147 Å². The Labute approximate surface area is 217 Å². The van der Waals surface area contributed by atoms with Crippen molar-refractivity contribution in [3.63, 3.8) is 0 Å². The van der Waals surface area contributed by atoms with E-state index in [1.54, 1.807) is 0 Å². The van der Waals surface area contributed by atoms with E-state index in [-0.39, 0.29) is 11.3 Å². The van der Waals surface area contributed by atoms with Gasteiger partial charge in [0.25, 0.3) is 0 Å². The third-order valence-corrected chi connectivity index (χ3v) is 9.34. The highest BCUT2D eigenvalue weighted by molar-refractivity contribution is 6.71. The summed E-state index contributed by atoms with van der Waals surface area (Å²) in [4.78, 5) is 0. The van der Waals surface area contributed by atoms with Crippen molar-refractivity contribution in [1.82, 2.24) is 0 Å². The van der Waals surface area contributed by atoms with Crippen molar-refractivity contribution >= 4 is 20.1 Å². The Morgan fingerprint density at radius 2 is 1.39 bits per heavy atom. The molecule has 1 radical (unpaired) electrons. The molecule has 0 aliphatic heterocycles. The average Bonchev–Trinajstić information content (AvgIpc) is 3.61. The fraction of sp³-hybridized carbons (Fsp3) is 0.143. The summed E-state index contributed by atoms with van der Waals surface area (Å²) in [6.45, 7) is 4.86. The van der Waals surface area contributed by atoms with Gasteiger partial charge in [-0.25, -0.2) is 0 Å². The van der Waals surface area contributed by atoms with Crippen molar-refractivity contribution in [3.8, 4) is 0 Å². The fourth-order valence-corrected chi connectivity index (χ4v) is 7.55. The van der Waals surface area contributed by atoms with Crippen molar-refractivity contribution in [2.45, 2.75) is 30.8 Å². The maximum Gasteiger partial charge on any atom is 0.0795 e. The lowest BCUT2D eigenvalue weighted by Crippen LogP contribution is -2.38. The Balaban J connectivity index is 1.74. The molecule has 0 saturated heterocycles. The molecule has 0 aromatic heterocycles. The van der Waals surface area contributed by atoms with Crippen LogP contribution in [0.3, 0.4) is 0 Å². The number of fused-ring (bicyclic) bond motifs is 1. The van der Waals surface area contributed by atoms with Crippen LogP contribution in [0.2, 0.25) is 13.1 Å². The average molecular weight is 480 g/mol. The molecule has 1 heteroatoms. The van der Waals surface area contributed by atoms with Crippen molar-refractivity contribution < 1.29 is 0 Å². The standard InChI is InChI=1S/C35H31Si/c1-36(2)33-23-13-22-32(34(33)31-25-24-26-14-9-12-21-30(26)31)35(29-19-10-11-20-29,27-15-5-3-6-16-27)28-17-7-4-8-18-28/h3-19,21-25,31H,20H2,1-2H3. The van der Waals surface area contributed by atoms with E-state index in [0.29, 0.717) is 0 Å². The van der Waals surface area contributed by atoms with E-state index in [1.807, 2.05) is 0 Å². The summed E-state index contributed by atoms with van der Waals surface area (Å²) in [5.41, 5.74) is 9.43. The SMILES string of the molecule is C[Si](C)c1cccc(C(C2=CC=CC2)(c2ccccc2)c2ccccc2)c1C1C=Cc2ccccc21. The van der Waals surface area contributed by atoms with Crippen molar-refractivity contribution in [2.75, 3.05) is 0 Å². The largest absolute Gasteiger partial charge is 0.0804 e. The molecule has 4 aromatic rings. The third kappa shape index (κ3) is 3.58. The molecule has 175 valence electrons. The molecule has 0 bridgehead atoms. The monoisotopic (exact) mass is 479 g/mol. The normalized spacial score (nSPS) is 16.4. The number of hydrogen-bond donors (Lipinski definition) is 0. The van der Waals surface area contributed by atoms with Gasteiger partial charge in [-0.3, -0.25) is 0 Å². The number of allylic oxidation sites excluding steroid dienone is 5. The number of rotatable bonds is 6. The Morgan fingerprint density at radius 3 is 2.03 bits per heavy atom. The smallest absolute Gasteiger partial charge is 0.0795 e. The van der Waals surface area contributed by atoms with Gasteiger partial charge in [0.2, 0.25) is 0 Å². The first-order chi connectivity index (χ1) is 17.7. The quantitative estimate of drug-likeness (QED) is 0.194. The molecule has 1 unspecified atom stereocenters. The fourth-order valence-electron chi connectivity index (χ4n) is 6.29. The predicted octanol–water partition coefficient (Wildman–Crippen LogP) is 8.03. The van der Waals surface area contributed by atoms with E-state index in [0.717, 1.165) is 6.42 Å². The molecule has 0 heterocycles. The molecule has 2 aliphatic carbocycles. The molecule has 0 amide bonds. The summed E-state index contributed by atoms with van der Waals surface area (Å²) in [5.74, 6) is 0.258. The first-order valence-electron chi connectivity index (χ1n) is 12.9. The van der Waals surface area contributed by atoms with Gasteiger partial charge in [-0.2, -0.15) is 0 Å². The maximum absolute atomic E-state index is 2.43. The zero-order valence-corrected chi connectivity index (χ0v) is 22.0. The van der Waals surface area contributed by atoms with Crippen LogP contribution in [0.25, 0.3) is 6.08 Å². The molecule has 1 atom stereocenters. The Bertz CT molecular complexity index is 1430. The topological polar surface area (TPSA) is 0 Å². The maximum atomic E-state index is 2.43. The van der Waals surface area contributed by atoms with Crippen LogP contribution in [-0.2, 0) is 5.41 Å². The summed E-state index contributed by atoms with van der Waals surface area (Å²) in [6, 6.07) is 38.4. The summed E-state index contributed by atoms with van der Waals surface area (Å²) in [6.07, 6.45) is 12.6. The summed E-state index contributed by atoms with van der Waals surface area (Å²) < 4.78 is 0. The van der Waals surface area contributed by atoms with Gasteiger partial charge < -0.3 is 0 Å². The molecule has 0 nitrogen and oxygen atoms in total. The molecule has 4 aromatic carbocycles. The van der Waals surface area contributed by atoms with E-state index in [9.17, 15) is 0 Å². The molecule has 2 aliphatic rings. The summed E-state index contributed by atoms with van der Waals surface area (Å²) >= 11 is 0. The van der Waals surface area contributed by atoms with Gasteiger partial charge in [0.05, 0.1) is 14.2 Å². The van der Waals surface area contributed by atoms with Crippen LogP contribution < -0.4 is 5.19 Å². The van der Waals surface area contributed by atoms with Gasteiger partial charge in [-0.05, 0) is 45.4 Å². The Kier molecular flexibility index (Phi) is 5.95.